The van der Waals surface area contributed by atoms with Crippen LogP contribution in [0.2, 0.25) is 0 Å². The van der Waals surface area contributed by atoms with Gasteiger partial charge in [-0.3, -0.25) is 4.79 Å². The molecule has 0 unspecified atom stereocenters. The fourth-order valence-corrected chi connectivity index (χ4v) is 2.79. The molecule has 1 aromatic rings. The van der Waals surface area contributed by atoms with E-state index in [0.717, 1.165) is 57.1 Å². The number of benzene rings is 1. The third-order valence-corrected chi connectivity index (χ3v) is 3.87. The third kappa shape index (κ3) is 2.94. The Balaban J connectivity index is 1.57. The number of nitrogens with zero attached hydrogens (tertiary/aromatic N) is 2. The zero-order valence-electron chi connectivity index (χ0n) is 11.7. The van der Waals surface area contributed by atoms with Gasteiger partial charge >= 0.3 is 0 Å². The van der Waals surface area contributed by atoms with Crippen molar-refractivity contribution >= 4 is 11.6 Å². The van der Waals surface area contributed by atoms with Crippen molar-refractivity contribution in [2.24, 2.45) is 0 Å². The lowest BCUT2D eigenvalue weighted by molar-refractivity contribution is -0.121. The maximum absolute atomic E-state index is 12.0. The number of carbonyl (C=O) groups is 1. The van der Waals surface area contributed by atoms with Crippen LogP contribution in [0.5, 0.6) is 5.75 Å². The van der Waals surface area contributed by atoms with Gasteiger partial charge < -0.3 is 19.9 Å². The summed E-state index contributed by atoms with van der Waals surface area (Å²) in [4.78, 5) is 16.3. The largest absolute Gasteiger partial charge is 0.482 e. The molecule has 2 heterocycles. The highest BCUT2D eigenvalue weighted by Gasteiger charge is 2.24. The molecule has 0 aromatic heterocycles. The van der Waals surface area contributed by atoms with Crippen LogP contribution >= 0.6 is 0 Å². The molecule has 1 saturated heterocycles. The van der Waals surface area contributed by atoms with Gasteiger partial charge in [-0.2, -0.15) is 0 Å². The van der Waals surface area contributed by atoms with Crippen molar-refractivity contribution in [3.05, 3.63) is 24.3 Å². The Kier molecular flexibility index (Phi) is 4.18. The minimum atomic E-state index is 0.0593. The average molecular weight is 275 g/mol. The molecule has 20 heavy (non-hydrogen) atoms. The number of fused-ring (bicyclic) bond motifs is 1. The lowest BCUT2D eigenvalue weighted by atomic mass is 10.2. The van der Waals surface area contributed by atoms with Crippen molar-refractivity contribution in [1.29, 1.82) is 0 Å². The van der Waals surface area contributed by atoms with Gasteiger partial charge in [0.05, 0.1) is 5.69 Å². The maximum Gasteiger partial charge on any atom is 0.265 e. The van der Waals surface area contributed by atoms with Crippen molar-refractivity contribution in [2.75, 3.05) is 50.8 Å². The summed E-state index contributed by atoms with van der Waals surface area (Å²) in [6, 6.07) is 7.76. The number of amides is 1. The van der Waals surface area contributed by atoms with Gasteiger partial charge in [0.2, 0.25) is 0 Å². The van der Waals surface area contributed by atoms with E-state index in [1.54, 1.807) is 0 Å². The second kappa shape index (κ2) is 6.24. The van der Waals surface area contributed by atoms with Crippen molar-refractivity contribution < 1.29 is 9.53 Å². The first-order valence-electron chi connectivity index (χ1n) is 7.30. The Hall–Kier alpha value is -1.59. The summed E-state index contributed by atoms with van der Waals surface area (Å²) in [7, 11) is 0. The van der Waals surface area contributed by atoms with E-state index in [2.05, 4.69) is 10.2 Å². The van der Waals surface area contributed by atoms with Crippen LogP contribution in [0.25, 0.3) is 0 Å². The van der Waals surface area contributed by atoms with Gasteiger partial charge in [0.15, 0.2) is 6.61 Å². The average Bonchev–Trinajstić information content (AvgIpc) is 2.50. The highest BCUT2D eigenvalue weighted by molar-refractivity contribution is 5.97. The number of hydrogen-bond acceptors (Lipinski definition) is 4. The van der Waals surface area contributed by atoms with E-state index in [9.17, 15) is 4.79 Å². The molecule has 2 aliphatic heterocycles. The first-order chi connectivity index (χ1) is 9.84. The first-order valence-corrected chi connectivity index (χ1v) is 7.30. The molecule has 1 amide bonds. The Labute approximate surface area is 119 Å². The van der Waals surface area contributed by atoms with Crippen LogP contribution in [0.15, 0.2) is 24.3 Å². The van der Waals surface area contributed by atoms with E-state index >= 15 is 0 Å². The predicted molar refractivity (Wildman–Crippen MR) is 78.2 cm³/mol. The summed E-state index contributed by atoms with van der Waals surface area (Å²) in [6.07, 6.45) is 1.00. The molecule has 1 N–H and O–H groups in total. The molecular formula is C15H21N3O2. The summed E-state index contributed by atoms with van der Waals surface area (Å²) in [5.41, 5.74) is 0.907. The van der Waals surface area contributed by atoms with E-state index in [1.807, 2.05) is 29.2 Å². The van der Waals surface area contributed by atoms with E-state index in [-0.39, 0.29) is 12.5 Å². The van der Waals surface area contributed by atoms with Crippen LogP contribution in [0.4, 0.5) is 5.69 Å². The van der Waals surface area contributed by atoms with Gasteiger partial charge in [-0.25, -0.2) is 0 Å². The zero-order chi connectivity index (χ0) is 13.8. The highest BCUT2D eigenvalue weighted by Crippen LogP contribution is 2.31. The minimum absolute atomic E-state index is 0.0593. The molecule has 0 spiro atoms. The van der Waals surface area contributed by atoms with E-state index in [0.29, 0.717) is 0 Å². The molecule has 1 aromatic carbocycles. The molecule has 0 bridgehead atoms. The summed E-state index contributed by atoms with van der Waals surface area (Å²) in [6.45, 7) is 6.32. The molecule has 2 aliphatic rings. The second-order valence-corrected chi connectivity index (χ2v) is 5.25. The number of anilines is 1. The SMILES string of the molecule is O=C1COc2ccccc2N1CCCN1CCNCC1. The van der Waals surface area contributed by atoms with Crippen LogP contribution in [0, 0.1) is 0 Å². The fourth-order valence-electron chi connectivity index (χ4n) is 2.79. The number of nitrogens with one attached hydrogen (secondary N) is 1. The monoisotopic (exact) mass is 275 g/mol. The lowest BCUT2D eigenvalue weighted by Crippen LogP contribution is -2.45. The van der Waals surface area contributed by atoms with Gasteiger partial charge in [0.1, 0.15) is 5.75 Å². The first kappa shape index (κ1) is 13.4. The van der Waals surface area contributed by atoms with E-state index < -0.39 is 0 Å². The molecule has 0 radical (unpaired) electrons. The normalized spacial score (nSPS) is 19.6. The number of hydrogen-bond donors (Lipinski definition) is 1. The fraction of sp³-hybridized carbons (Fsp3) is 0.533. The number of piperazine rings is 1. The summed E-state index contributed by atoms with van der Waals surface area (Å²) in [5.74, 6) is 0.873. The number of rotatable bonds is 4. The molecule has 0 aliphatic carbocycles. The summed E-state index contributed by atoms with van der Waals surface area (Å²) >= 11 is 0. The predicted octanol–water partition coefficient (Wildman–Crippen LogP) is 0.707. The Morgan fingerprint density at radius 3 is 2.80 bits per heavy atom. The number of carbonyl (C=O) groups excluding carboxylic acids is 1. The Bertz CT molecular complexity index is 472. The molecule has 0 atom stereocenters. The zero-order valence-corrected chi connectivity index (χ0v) is 11.7. The topological polar surface area (TPSA) is 44.8 Å². The quantitative estimate of drug-likeness (QED) is 0.879. The summed E-state index contributed by atoms with van der Waals surface area (Å²) in [5, 5.41) is 3.35. The molecular weight excluding hydrogens is 254 g/mol. The minimum Gasteiger partial charge on any atom is -0.482 e. The molecule has 5 heteroatoms. The molecule has 3 rings (SSSR count). The molecule has 108 valence electrons. The molecule has 0 saturated carbocycles. The third-order valence-electron chi connectivity index (χ3n) is 3.87. The second-order valence-electron chi connectivity index (χ2n) is 5.25. The van der Waals surface area contributed by atoms with Crippen molar-refractivity contribution in [1.82, 2.24) is 10.2 Å². The van der Waals surface area contributed by atoms with Gasteiger partial charge in [-0.05, 0) is 25.1 Å². The number of ether oxygens (including phenoxy) is 1. The van der Waals surface area contributed by atoms with Crippen LogP contribution in [-0.4, -0.2) is 56.7 Å². The summed E-state index contributed by atoms with van der Waals surface area (Å²) < 4.78 is 5.45. The van der Waals surface area contributed by atoms with Crippen molar-refractivity contribution in [2.45, 2.75) is 6.42 Å². The van der Waals surface area contributed by atoms with Crippen LogP contribution in [0.3, 0.4) is 0 Å². The van der Waals surface area contributed by atoms with Gasteiger partial charge in [0.25, 0.3) is 5.91 Å². The molecule has 1 fully saturated rings. The van der Waals surface area contributed by atoms with Gasteiger partial charge in [-0.15, -0.1) is 0 Å². The lowest BCUT2D eigenvalue weighted by Gasteiger charge is -2.31. The smallest absolute Gasteiger partial charge is 0.265 e. The highest BCUT2D eigenvalue weighted by atomic mass is 16.5. The van der Waals surface area contributed by atoms with Crippen LogP contribution in [-0.2, 0) is 4.79 Å². The van der Waals surface area contributed by atoms with Crippen molar-refractivity contribution in [3.8, 4) is 5.75 Å². The van der Waals surface area contributed by atoms with Crippen molar-refractivity contribution in [3.63, 3.8) is 0 Å². The number of para-hydroxylation sites is 2. The van der Waals surface area contributed by atoms with Gasteiger partial charge in [0, 0.05) is 32.7 Å². The molecule has 5 nitrogen and oxygen atoms in total. The van der Waals surface area contributed by atoms with E-state index in [1.165, 1.54) is 0 Å². The Morgan fingerprint density at radius 1 is 1.15 bits per heavy atom. The van der Waals surface area contributed by atoms with Crippen LogP contribution in [0.1, 0.15) is 6.42 Å². The van der Waals surface area contributed by atoms with Gasteiger partial charge in [-0.1, -0.05) is 12.1 Å². The van der Waals surface area contributed by atoms with Crippen LogP contribution < -0.4 is 15.0 Å². The van der Waals surface area contributed by atoms with E-state index in [4.69, 9.17) is 4.74 Å². The Morgan fingerprint density at radius 2 is 1.95 bits per heavy atom. The standard InChI is InChI=1S/C15H21N3O2/c19-15-12-20-14-5-2-1-4-13(14)18(15)9-3-8-17-10-6-16-7-11-17/h1-2,4-5,16H,3,6-12H2. The maximum atomic E-state index is 12.0.